The number of sulfonamides is 1. The fourth-order valence-electron chi connectivity index (χ4n) is 1.87. The monoisotopic (exact) mass is 277 g/mol. The van der Waals surface area contributed by atoms with Gasteiger partial charge in [0.25, 0.3) is 0 Å². The highest BCUT2D eigenvalue weighted by Crippen LogP contribution is 2.21. The van der Waals surface area contributed by atoms with Gasteiger partial charge in [0.05, 0.1) is 5.69 Å². The second kappa shape index (κ2) is 4.91. The van der Waals surface area contributed by atoms with Crippen LogP contribution in [0.15, 0.2) is 47.4 Å². The standard InChI is InChI=1S/C13H15N3O2S/c14-11-3-1-2-9(7-11)6-10-4-5-12(15)13(8-10)19(16,17)18/h1-5,7-8H,6,14-15H2,(H2,16,17,18). The Kier molecular flexibility index (Phi) is 3.46. The number of benzene rings is 2. The van der Waals surface area contributed by atoms with Crippen LogP contribution in [0.4, 0.5) is 11.4 Å². The summed E-state index contributed by atoms with van der Waals surface area (Å²) < 4.78 is 22.8. The van der Waals surface area contributed by atoms with Crippen molar-refractivity contribution in [3.05, 3.63) is 53.6 Å². The molecule has 0 atom stereocenters. The maximum absolute atomic E-state index is 11.4. The van der Waals surface area contributed by atoms with E-state index < -0.39 is 10.0 Å². The van der Waals surface area contributed by atoms with E-state index in [4.69, 9.17) is 16.6 Å². The largest absolute Gasteiger partial charge is 0.399 e. The minimum atomic E-state index is -3.81. The molecule has 0 spiro atoms. The Hall–Kier alpha value is -2.05. The van der Waals surface area contributed by atoms with Crippen LogP contribution in [0.5, 0.6) is 0 Å². The lowest BCUT2D eigenvalue weighted by atomic mass is 10.0. The summed E-state index contributed by atoms with van der Waals surface area (Å²) in [6.07, 6.45) is 0.563. The fourth-order valence-corrected chi connectivity index (χ4v) is 2.59. The van der Waals surface area contributed by atoms with Gasteiger partial charge in [0.1, 0.15) is 4.90 Å². The Morgan fingerprint density at radius 1 is 0.947 bits per heavy atom. The normalized spacial score (nSPS) is 11.4. The summed E-state index contributed by atoms with van der Waals surface area (Å²) in [5.41, 5.74) is 13.9. The van der Waals surface area contributed by atoms with Crippen molar-refractivity contribution in [2.75, 3.05) is 11.5 Å². The molecule has 0 aliphatic heterocycles. The smallest absolute Gasteiger partial charge is 0.240 e. The average Bonchev–Trinajstić information content (AvgIpc) is 2.30. The van der Waals surface area contributed by atoms with E-state index in [1.165, 1.54) is 6.07 Å². The molecule has 100 valence electrons. The van der Waals surface area contributed by atoms with E-state index >= 15 is 0 Å². The molecule has 0 aromatic heterocycles. The lowest BCUT2D eigenvalue weighted by Gasteiger charge is -2.07. The Morgan fingerprint density at radius 2 is 1.63 bits per heavy atom. The maximum atomic E-state index is 11.4. The third-order valence-corrected chi connectivity index (χ3v) is 3.71. The van der Waals surface area contributed by atoms with Crippen molar-refractivity contribution in [2.24, 2.45) is 5.14 Å². The second-order valence-electron chi connectivity index (χ2n) is 4.34. The van der Waals surface area contributed by atoms with Crippen molar-refractivity contribution in [1.82, 2.24) is 0 Å². The molecule has 6 N–H and O–H groups in total. The highest BCUT2D eigenvalue weighted by atomic mass is 32.2. The summed E-state index contributed by atoms with van der Waals surface area (Å²) in [5.74, 6) is 0. The zero-order valence-corrected chi connectivity index (χ0v) is 11.0. The zero-order valence-electron chi connectivity index (χ0n) is 10.2. The molecule has 2 aromatic carbocycles. The van der Waals surface area contributed by atoms with Gasteiger partial charge in [-0.25, -0.2) is 13.6 Å². The summed E-state index contributed by atoms with van der Waals surface area (Å²) in [4.78, 5) is -0.0473. The van der Waals surface area contributed by atoms with Crippen molar-refractivity contribution in [3.8, 4) is 0 Å². The van der Waals surface area contributed by atoms with Crippen molar-refractivity contribution >= 4 is 21.4 Å². The van der Waals surface area contributed by atoms with Crippen LogP contribution in [0.3, 0.4) is 0 Å². The molecule has 0 radical (unpaired) electrons. The molecule has 0 fully saturated rings. The summed E-state index contributed by atoms with van der Waals surface area (Å²) in [6.45, 7) is 0. The molecule has 0 heterocycles. The summed E-state index contributed by atoms with van der Waals surface area (Å²) in [7, 11) is -3.81. The molecule has 19 heavy (non-hydrogen) atoms. The Balaban J connectivity index is 2.37. The van der Waals surface area contributed by atoms with Crippen LogP contribution in [-0.4, -0.2) is 8.42 Å². The first-order chi connectivity index (χ1) is 8.86. The SMILES string of the molecule is Nc1cccc(Cc2ccc(N)c(S(N)(=O)=O)c2)c1. The highest BCUT2D eigenvalue weighted by molar-refractivity contribution is 7.89. The van der Waals surface area contributed by atoms with Gasteiger partial charge in [0, 0.05) is 5.69 Å². The van der Waals surface area contributed by atoms with E-state index in [1.807, 2.05) is 18.2 Å². The third kappa shape index (κ3) is 3.24. The molecule has 0 amide bonds. The van der Waals surface area contributed by atoms with Gasteiger partial charge in [-0.05, 0) is 41.8 Å². The van der Waals surface area contributed by atoms with Gasteiger partial charge in [0.2, 0.25) is 10.0 Å². The van der Waals surface area contributed by atoms with Gasteiger partial charge in [0.15, 0.2) is 0 Å². The number of primary sulfonamides is 1. The van der Waals surface area contributed by atoms with E-state index in [1.54, 1.807) is 18.2 Å². The predicted molar refractivity (Wildman–Crippen MR) is 75.9 cm³/mol. The molecule has 0 saturated carbocycles. The first-order valence-corrected chi connectivity index (χ1v) is 7.16. The number of hydrogen-bond donors (Lipinski definition) is 3. The number of nitrogen functional groups attached to an aromatic ring is 2. The lowest BCUT2D eigenvalue weighted by molar-refractivity contribution is 0.598. The van der Waals surface area contributed by atoms with Crippen molar-refractivity contribution < 1.29 is 8.42 Å². The molecule has 0 bridgehead atoms. The quantitative estimate of drug-likeness (QED) is 0.729. The second-order valence-corrected chi connectivity index (χ2v) is 5.87. The van der Waals surface area contributed by atoms with Crippen LogP contribution in [0.1, 0.15) is 11.1 Å². The molecule has 0 saturated heterocycles. The highest BCUT2D eigenvalue weighted by Gasteiger charge is 2.12. The predicted octanol–water partition coefficient (Wildman–Crippen LogP) is 1.09. The van der Waals surface area contributed by atoms with Crippen LogP contribution >= 0.6 is 0 Å². The maximum Gasteiger partial charge on any atom is 0.240 e. The minimum Gasteiger partial charge on any atom is -0.399 e. The molecule has 2 rings (SSSR count). The van der Waals surface area contributed by atoms with Gasteiger partial charge >= 0.3 is 0 Å². The Bertz CT molecular complexity index is 712. The van der Waals surface area contributed by atoms with Crippen molar-refractivity contribution in [2.45, 2.75) is 11.3 Å². The number of anilines is 2. The Labute approximate surface area is 112 Å². The van der Waals surface area contributed by atoms with Crippen LogP contribution in [0, 0.1) is 0 Å². The van der Waals surface area contributed by atoms with E-state index in [-0.39, 0.29) is 10.6 Å². The van der Waals surface area contributed by atoms with Crippen molar-refractivity contribution in [3.63, 3.8) is 0 Å². The molecule has 0 unspecified atom stereocenters. The van der Waals surface area contributed by atoms with Gasteiger partial charge in [-0.1, -0.05) is 18.2 Å². The van der Waals surface area contributed by atoms with Gasteiger partial charge in [-0.15, -0.1) is 0 Å². The van der Waals surface area contributed by atoms with Gasteiger partial charge in [-0.2, -0.15) is 0 Å². The van der Waals surface area contributed by atoms with E-state index in [0.29, 0.717) is 12.1 Å². The summed E-state index contributed by atoms with van der Waals surface area (Å²) >= 11 is 0. The zero-order chi connectivity index (χ0) is 14.0. The van der Waals surface area contributed by atoms with Crippen LogP contribution < -0.4 is 16.6 Å². The Morgan fingerprint density at radius 3 is 2.26 bits per heavy atom. The summed E-state index contributed by atoms with van der Waals surface area (Å²) in [6, 6.07) is 12.2. The molecule has 0 aliphatic rings. The lowest BCUT2D eigenvalue weighted by Crippen LogP contribution is -2.14. The first kappa shape index (κ1) is 13.4. The minimum absolute atomic E-state index is 0.0473. The molecule has 6 heteroatoms. The van der Waals surface area contributed by atoms with Crippen LogP contribution in [-0.2, 0) is 16.4 Å². The topological polar surface area (TPSA) is 112 Å². The van der Waals surface area contributed by atoms with Crippen molar-refractivity contribution in [1.29, 1.82) is 0 Å². The molecule has 5 nitrogen and oxygen atoms in total. The fraction of sp³-hybridized carbons (Fsp3) is 0.0769. The van der Waals surface area contributed by atoms with Gasteiger partial charge in [-0.3, -0.25) is 0 Å². The number of hydrogen-bond acceptors (Lipinski definition) is 4. The van der Waals surface area contributed by atoms with Crippen LogP contribution in [0.2, 0.25) is 0 Å². The molecular weight excluding hydrogens is 262 g/mol. The van der Waals surface area contributed by atoms with E-state index in [2.05, 4.69) is 0 Å². The third-order valence-electron chi connectivity index (χ3n) is 2.74. The van der Waals surface area contributed by atoms with Crippen LogP contribution in [0.25, 0.3) is 0 Å². The number of nitrogens with two attached hydrogens (primary N) is 3. The average molecular weight is 277 g/mol. The number of rotatable bonds is 3. The molecule has 2 aromatic rings. The molecular formula is C13H15N3O2S. The van der Waals surface area contributed by atoms with Gasteiger partial charge < -0.3 is 11.5 Å². The summed E-state index contributed by atoms with van der Waals surface area (Å²) in [5, 5.41) is 5.12. The molecule has 0 aliphatic carbocycles. The van der Waals surface area contributed by atoms with E-state index in [9.17, 15) is 8.42 Å². The van der Waals surface area contributed by atoms with E-state index in [0.717, 1.165) is 11.1 Å². The first-order valence-electron chi connectivity index (χ1n) is 5.62.